The van der Waals surface area contributed by atoms with E-state index in [-0.39, 0.29) is 29.1 Å². The Hall–Kier alpha value is -1.84. The topological polar surface area (TPSA) is 72.5 Å². The lowest BCUT2D eigenvalue weighted by molar-refractivity contribution is -0.0870. The summed E-state index contributed by atoms with van der Waals surface area (Å²) in [6, 6.07) is 6.37. The van der Waals surface area contributed by atoms with Crippen LogP contribution in [-0.4, -0.2) is 33.3 Å². The van der Waals surface area contributed by atoms with Crippen molar-refractivity contribution in [2.75, 3.05) is 24.3 Å². The zero-order valence-corrected chi connectivity index (χ0v) is 17.6. The second-order valence-electron chi connectivity index (χ2n) is 7.22. The van der Waals surface area contributed by atoms with Crippen molar-refractivity contribution in [1.29, 1.82) is 0 Å². The third-order valence-corrected chi connectivity index (χ3v) is 7.20. The molecule has 1 aliphatic rings. The smallest absolute Gasteiger partial charge is 0.259 e. The van der Waals surface area contributed by atoms with Crippen molar-refractivity contribution in [2.24, 2.45) is 5.41 Å². The molecule has 0 aliphatic carbocycles. The largest absolute Gasteiger partial charge is 0.380 e. The molecule has 0 saturated carbocycles. The molecule has 28 heavy (non-hydrogen) atoms. The van der Waals surface area contributed by atoms with Gasteiger partial charge in [-0.3, -0.25) is 4.79 Å². The van der Waals surface area contributed by atoms with Crippen LogP contribution in [-0.2, 0) is 14.6 Å². The van der Waals surface area contributed by atoms with E-state index in [0.717, 1.165) is 6.07 Å². The van der Waals surface area contributed by atoms with E-state index in [1.165, 1.54) is 31.2 Å². The van der Waals surface area contributed by atoms with Gasteiger partial charge in [0.1, 0.15) is 10.7 Å². The molecule has 2 aromatic carbocycles. The minimum atomic E-state index is -3.97. The van der Waals surface area contributed by atoms with Crippen molar-refractivity contribution in [1.82, 2.24) is 0 Å². The summed E-state index contributed by atoms with van der Waals surface area (Å²) >= 11 is 3.10. The Labute approximate surface area is 170 Å². The van der Waals surface area contributed by atoms with Gasteiger partial charge in [0.25, 0.3) is 5.91 Å². The minimum absolute atomic E-state index is 0.110. The van der Waals surface area contributed by atoms with Gasteiger partial charge in [-0.15, -0.1) is 0 Å². The first-order valence-electron chi connectivity index (χ1n) is 8.38. The van der Waals surface area contributed by atoms with Crippen LogP contribution in [0.3, 0.4) is 0 Å². The number of carbonyl (C=O) groups is 1. The Balaban J connectivity index is 1.94. The van der Waals surface area contributed by atoms with Gasteiger partial charge in [0.15, 0.2) is 15.7 Å². The Morgan fingerprint density at radius 1 is 1.25 bits per heavy atom. The molecule has 150 valence electrons. The van der Waals surface area contributed by atoms with Crippen molar-refractivity contribution >= 4 is 37.4 Å². The number of rotatable bonds is 5. The Morgan fingerprint density at radius 3 is 2.50 bits per heavy atom. The monoisotopic (exact) mass is 473 g/mol. The van der Waals surface area contributed by atoms with Gasteiger partial charge in [0, 0.05) is 15.6 Å². The fourth-order valence-electron chi connectivity index (χ4n) is 2.97. The molecule has 1 N–H and O–H groups in total. The van der Waals surface area contributed by atoms with Crippen LogP contribution in [0.5, 0.6) is 0 Å². The lowest BCUT2D eigenvalue weighted by Crippen LogP contribution is -2.45. The summed E-state index contributed by atoms with van der Waals surface area (Å²) in [7, 11) is -3.97. The van der Waals surface area contributed by atoms with Gasteiger partial charge in [0.05, 0.1) is 24.5 Å². The molecule has 1 amide bonds. The van der Waals surface area contributed by atoms with E-state index in [0.29, 0.717) is 5.56 Å². The summed E-state index contributed by atoms with van der Waals surface area (Å²) in [6.45, 7) is 3.83. The maximum absolute atomic E-state index is 15.1. The number of hydrogen-bond donors (Lipinski definition) is 1. The highest BCUT2D eigenvalue weighted by atomic mass is 79.9. The lowest BCUT2D eigenvalue weighted by Gasteiger charge is -2.37. The summed E-state index contributed by atoms with van der Waals surface area (Å²) in [4.78, 5) is 12.1. The Kier molecular flexibility index (Phi) is 5.62. The van der Waals surface area contributed by atoms with Crippen LogP contribution in [0.15, 0.2) is 39.7 Å². The summed E-state index contributed by atoms with van der Waals surface area (Å²) in [5, 5.41) is 2.47. The van der Waals surface area contributed by atoms with Gasteiger partial charge in [-0.25, -0.2) is 17.2 Å². The number of aryl methyl sites for hydroxylation is 1. The maximum atomic E-state index is 15.1. The SMILES string of the molecule is Cc1cc(NC(=O)c2c(Br)ccc(S(=O)(=O)CC3(C)COC3)c2F)ccc1F. The van der Waals surface area contributed by atoms with Gasteiger partial charge in [-0.2, -0.15) is 0 Å². The molecule has 3 rings (SSSR count). The number of ether oxygens (including phenoxy) is 1. The fraction of sp³-hybridized carbons (Fsp3) is 0.316. The standard InChI is InChI=1S/C19H18BrF2NO4S/c1-11-7-12(3-5-14(11)21)23-18(24)16-13(20)4-6-15(17(16)22)28(25,26)10-19(2)8-27-9-19/h3-7H,8-10H2,1-2H3,(H,23,24). The normalized spacial score (nSPS) is 15.8. The Bertz CT molecular complexity index is 1050. The van der Waals surface area contributed by atoms with Crippen LogP contribution in [0.1, 0.15) is 22.8 Å². The minimum Gasteiger partial charge on any atom is -0.380 e. The molecule has 0 bridgehead atoms. The molecular formula is C19H18BrF2NO4S. The molecule has 9 heteroatoms. The number of sulfone groups is 1. The van der Waals surface area contributed by atoms with Gasteiger partial charge in [0.2, 0.25) is 0 Å². The number of benzene rings is 2. The van der Waals surface area contributed by atoms with Gasteiger partial charge in [-0.05, 0) is 58.7 Å². The molecule has 0 spiro atoms. The van der Waals surface area contributed by atoms with Gasteiger partial charge in [-0.1, -0.05) is 6.92 Å². The van der Waals surface area contributed by atoms with E-state index in [9.17, 15) is 17.6 Å². The molecular weight excluding hydrogens is 456 g/mol. The van der Waals surface area contributed by atoms with Crippen molar-refractivity contribution in [3.8, 4) is 0 Å². The van der Waals surface area contributed by atoms with E-state index >= 15 is 4.39 Å². The molecule has 1 saturated heterocycles. The van der Waals surface area contributed by atoms with Crippen LogP contribution in [0, 0.1) is 24.0 Å². The third kappa shape index (κ3) is 4.11. The zero-order chi connectivity index (χ0) is 20.7. The summed E-state index contributed by atoms with van der Waals surface area (Å²) in [6.07, 6.45) is 0. The first-order valence-corrected chi connectivity index (χ1v) is 10.8. The molecule has 1 aliphatic heterocycles. The van der Waals surface area contributed by atoms with Crippen molar-refractivity contribution < 1.29 is 26.7 Å². The van der Waals surface area contributed by atoms with E-state index in [4.69, 9.17) is 4.74 Å². The summed E-state index contributed by atoms with van der Waals surface area (Å²) in [5.41, 5.74) is -0.433. The first kappa shape index (κ1) is 20.9. The van der Waals surface area contributed by atoms with E-state index in [1.807, 2.05) is 0 Å². The Morgan fingerprint density at radius 2 is 1.93 bits per heavy atom. The molecule has 1 fully saturated rings. The highest BCUT2D eigenvalue weighted by Crippen LogP contribution is 2.33. The van der Waals surface area contributed by atoms with E-state index in [2.05, 4.69) is 21.2 Å². The predicted molar refractivity (Wildman–Crippen MR) is 104 cm³/mol. The highest BCUT2D eigenvalue weighted by molar-refractivity contribution is 9.10. The molecule has 0 unspecified atom stereocenters. The highest BCUT2D eigenvalue weighted by Gasteiger charge is 2.40. The van der Waals surface area contributed by atoms with Crippen LogP contribution in [0.25, 0.3) is 0 Å². The molecule has 0 atom stereocenters. The lowest BCUT2D eigenvalue weighted by atomic mass is 9.92. The van der Waals surface area contributed by atoms with Gasteiger partial charge < -0.3 is 10.1 Å². The molecule has 1 heterocycles. The number of amides is 1. The average molecular weight is 474 g/mol. The van der Waals surface area contributed by atoms with Gasteiger partial charge >= 0.3 is 0 Å². The fourth-order valence-corrected chi connectivity index (χ4v) is 5.34. The molecule has 0 aromatic heterocycles. The van der Waals surface area contributed by atoms with Crippen LogP contribution < -0.4 is 5.32 Å². The number of carbonyl (C=O) groups excluding carboxylic acids is 1. The molecule has 2 aromatic rings. The summed E-state index contributed by atoms with van der Waals surface area (Å²) < 4.78 is 59.0. The zero-order valence-electron chi connectivity index (χ0n) is 15.2. The van der Waals surface area contributed by atoms with Crippen LogP contribution in [0.4, 0.5) is 14.5 Å². The number of hydrogen-bond acceptors (Lipinski definition) is 4. The van der Waals surface area contributed by atoms with E-state index in [1.54, 1.807) is 6.92 Å². The van der Waals surface area contributed by atoms with Crippen LogP contribution >= 0.6 is 15.9 Å². The second kappa shape index (κ2) is 7.53. The van der Waals surface area contributed by atoms with Crippen molar-refractivity contribution in [3.05, 3.63) is 57.6 Å². The number of anilines is 1. The quantitative estimate of drug-likeness (QED) is 0.709. The molecule has 0 radical (unpaired) electrons. The first-order chi connectivity index (χ1) is 13.0. The molecule has 5 nitrogen and oxygen atoms in total. The van der Waals surface area contributed by atoms with Crippen molar-refractivity contribution in [2.45, 2.75) is 18.7 Å². The predicted octanol–water partition coefficient (Wildman–Crippen LogP) is 4.10. The van der Waals surface area contributed by atoms with Crippen LogP contribution in [0.2, 0.25) is 0 Å². The third-order valence-electron chi connectivity index (χ3n) is 4.47. The second-order valence-corrected chi connectivity index (χ2v) is 10.0. The summed E-state index contributed by atoms with van der Waals surface area (Å²) in [5.74, 6) is -2.69. The average Bonchev–Trinajstić information content (AvgIpc) is 2.56. The maximum Gasteiger partial charge on any atom is 0.259 e. The number of nitrogens with one attached hydrogen (secondary N) is 1. The van der Waals surface area contributed by atoms with E-state index < -0.39 is 43.3 Å². The number of halogens is 3. The van der Waals surface area contributed by atoms with Crippen molar-refractivity contribution in [3.63, 3.8) is 0 Å².